The minimum absolute atomic E-state index is 0.190. The number of para-hydroxylation sites is 1. The third kappa shape index (κ3) is 2.81. The molecular weight excluding hydrogens is 276 g/mol. The van der Waals surface area contributed by atoms with Crippen LogP contribution in [-0.2, 0) is 6.54 Å². The Bertz CT molecular complexity index is 782. The zero-order chi connectivity index (χ0) is 15.4. The Morgan fingerprint density at radius 3 is 2.82 bits per heavy atom. The van der Waals surface area contributed by atoms with Crippen LogP contribution in [0.3, 0.4) is 0 Å². The van der Waals surface area contributed by atoms with Gasteiger partial charge in [-0.3, -0.25) is 4.98 Å². The number of hydrogen-bond donors (Lipinski definition) is 2. The van der Waals surface area contributed by atoms with Crippen LogP contribution in [0.25, 0.3) is 10.9 Å². The summed E-state index contributed by atoms with van der Waals surface area (Å²) < 4.78 is 5.41. The number of nitrogens with zero attached hydrogens (tertiary/aromatic N) is 1. The number of nitrogens with one attached hydrogen (secondary N) is 1. The number of fused-ring (bicyclic) bond motifs is 1. The van der Waals surface area contributed by atoms with Gasteiger partial charge >= 0.3 is 0 Å². The number of phenols is 1. The molecule has 0 bridgehead atoms. The van der Waals surface area contributed by atoms with E-state index >= 15 is 0 Å². The van der Waals surface area contributed by atoms with Gasteiger partial charge in [-0.2, -0.15) is 0 Å². The molecule has 4 heteroatoms. The second-order valence-corrected chi connectivity index (χ2v) is 4.93. The van der Waals surface area contributed by atoms with Gasteiger partial charge in [-0.25, -0.2) is 0 Å². The first-order chi connectivity index (χ1) is 10.8. The average molecular weight is 294 g/mol. The van der Waals surface area contributed by atoms with Crippen molar-refractivity contribution in [3.63, 3.8) is 0 Å². The number of phenolic OH excluding ortho intramolecular Hbond substituents is 1. The summed E-state index contributed by atoms with van der Waals surface area (Å²) in [6, 6.07) is 15.4. The summed E-state index contributed by atoms with van der Waals surface area (Å²) in [4.78, 5) is 4.34. The van der Waals surface area contributed by atoms with E-state index in [9.17, 15) is 5.11 Å². The first-order valence-electron chi connectivity index (χ1n) is 7.31. The number of benzene rings is 2. The van der Waals surface area contributed by atoms with Crippen molar-refractivity contribution >= 4 is 16.6 Å². The van der Waals surface area contributed by atoms with E-state index in [0.29, 0.717) is 18.9 Å². The highest BCUT2D eigenvalue weighted by molar-refractivity contribution is 5.91. The van der Waals surface area contributed by atoms with Crippen LogP contribution in [0.4, 0.5) is 5.69 Å². The number of pyridine rings is 1. The molecule has 4 nitrogen and oxygen atoms in total. The van der Waals surface area contributed by atoms with Crippen molar-refractivity contribution in [3.05, 3.63) is 60.3 Å². The van der Waals surface area contributed by atoms with Crippen LogP contribution in [0.2, 0.25) is 0 Å². The molecule has 0 atom stereocenters. The first-order valence-corrected chi connectivity index (χ1v) is 7.31. The van der Waals surface area contributed by atoms with Gasteiger partial charge in [0.2, 0.25) is 0 Å². The fourth-order valence-corrected chi connectivity index (χ4v) is 2.43. The maximum atomic E-state index is 10.2. The fraction of sp³-hybridized carbons (Fsp3) is 0.167. The van der Waals surface area contributed by atoms with Gasteiger partial charge in [-0.05, 0) is 37.3 Å². The van der Waals surface area contributed by atoms with Gasteiger partial charge in [0.15, 0.2) is 11.5 Å². The number of anilines is 1. The Balaban J connectivity index is 1.84. The molecule has 0 saturated heterocycles. The second kappa shape index (κ2) is 6.35. The number of ether oxygens (including phenoxy) is 1. The van der Waals surface area contributed by atoms with Crippen molar-refractivity contribution in [1.29, 1.82) is 0 Å². The number of rotatable bonds is 5. The second-order valence-electron chi connectivity index (χ2n) is 4.93. The van der Waals surface area contributed by atoms with E-state index < -0.39 is 0 Å². The van der Waals surface area contributed by atoms with Gasteiger partial charge < -0.3 is 15.2 Å². The third-order valence-corrected chi connectivity index (χ3v) is 3.50. The number of aromatic hydroxyl groups is 1. The summed E-state index contributed by atoms with van der Waals surface area (Å²) in [7, 11) is 0. The maximum absolute atomic E-state index is 10.2. The van der Waals surface area contributed by atoms with Crippen molar-refractivity contribution < 1.29 is 9.84 Å². The Morgan fingerprint density at radius 1 is 1.09 bits per heavy atom. The Labute approximate surface area is 129 Å². The molecule has 0 aliphatic heterocycles. The van der Waals surface area contributed by atoms with Crippen molar-refractivity contribution in [2.75, 3.05) is 11.9 Å². The van der Waals surface area contributed by atoms with Gasteiger partial charge in [-0.1, -0.05) is 18.2 Å². The zero-order valence-electron chi connectivity index (χ0n) is 12.4. The van der Waals surface area contributed by atoms with Crippen molar-refractivity contribution in [2.24, 2.45) is 0 Å². The Kier molecular flexibility index (Phi) is 4.10. The summed E-state index contributed by atoms with van der Waals surface area (Å²) in [5, 5.41) is 14.7. The molecule has 2 N–H and O–H groups in total. The molecule has 2 aromatic carbocycles. The van der Waals surface area contributed by atoms with Crippen LogP contribution in [0, 0.1) is 0 Å². The summed E-state index contributed by atoms with van der Waals surface area (Å²) in [6.07, 6.45) is 1.78. The van der Waals surface area contributed by atoms with Crippen LogP contribution < -0.4 is 10.1 Å². The standard InChI is InChI=1S/C18H18N2O2/c1-2-22-17-10-3-6-13(18(17)21)12-20-16-9-4-8-15-14(16)7-5-11-19-15/h3-11,20-21H,2,12H2,1H3. The topological polar surface area (TPSA) is 54.4 Å². The quantitative estimate of drug-likeness (QED) is 0.748. The minimum atomic E-state index is 0.190. The van der Waals surface area contributed by atoms with Gasteiger partial charge in [0, 0.05) is 29.4 Å². The molecule has 0 amide bonds. The van der Waals surface area contributed by atoms with Crippen LogP contribution in [0.5, 0.6) is 11.5 Å². The van der Waals surface area contributed by atoms with E-state index in [4.69, 9.17) is 4.74 Å². The summed E-state index contributed by atoms with van der Waals surface area (Å²) in [5.74, 6) is 0.705. The first kappa shape index (κ1) is 14.2. The van der Waals surface area contributed by atoms with Gasteiger partial charge in [-0.15, -0.1) is 0 Å². The third-order valence-electron chi connectivity index (χ3n) is 3.50. The molecule has 1 aromatic heterocycles. The Morgan fingerprint density at radius 2 is 1.95 bits per heavy atom. The molecule has 0 spiro atoms. The molecular formula is C18H18N2O2. The predicted octanol–water partition coefficient (Wildman–Crippen LogP) is 3.95. The minimum Gasteiger partial charge on any atom is -0.504 e. The van der Waals surface area contributed by atoms with E-state index in [2.05, 4.69) is 10.3 Å². The fourth-order valence-electron chi connectivity index (χ4n) is 2.43. The van der Waals surface area contributed by atoms with Gasteiger partial charge in [0.25, 0.3) is 0 Å². The zero-order valence-corrected chi connectivity index (χ0v) is 12.4. The van der Waals surface area contributed by atoms with E-state index in [-0.39, 0.29) is 5.75 Å². The number of hydrogen-bond acceptors (Lipinski definition) is 4. The molecule has 3 aromatic rings. The van der Waals surface area contributed by atoms with Crippen LogP contribution in [0.15, 0.2) is 54.7 Å². The normalized spacial score (nSPS) is 10.6. The molecule has 0 radical (unpaired) electrons. The van der Waals surface area contributed by atoms with E-state index in [1.54, 1.807) is 12.3 Å². The monoisotopic (exact) mass is 294 g/mol. The van der Waals surface area contributed by atoms with Gasteiger partial charge in [0.05, 0.1) is 12.1 Å². The highest BCUT2D eigenvalue weighted by Crippen LogP contribution is 2.31. The van der Waals surface area contributed by atoms with E-state index in [1.165, 1.54) is 0 Å². The molecule has 0 aliphatic rings. The summed E-state index contributed by atoms with van der Waals surface area (Å²) in [5.41, 5.74) is 2.73. The molecule has 22 heavy (non-hydrogen) atoms. The van der Waals surface area contributed by atoms with Crippen LogP contribution in [0.1, 0.15) is 12.5 Å². The van der Waals surface area contributed by atoms with Crippen molar-refractivity contribution in [2.45, 2.75) is 13.5 Å². The molecule has 0 unspecified atom stereocenters. The average Bonchev–Trinajstić information content (AvgIpc) is 2.56. The molecule has 0 aliphatic carbocycles. The maximum Gasteiger partial charge on any atom is 0.162 e. The number of aromatic nitrogens is 1. The predicted molar refractivity (Wildman–Crippen MR) is 88.3 cm³/mol. The smallest absolute Gasteiger partial charge is 0.162 e. The highest BCUT2D eigenvalue weighted by Gasteiger charge is 2.08. The molecule has 3 rings (SSSR count). The largest absolute Gasteiger partial charge is 0.504 e. The van der Waals surface area contributed by atoms with Crippen LogP contribution >= 0.6 is 0 Å². The Hall–Kier alpha value is -2.75. The molecule has 0 saturated carbocycles. The SMILES string of the molecule is CCOc1cccc(CNc2cccc3ncccc23)c1O. The lowest BCUT2D eigenvalue weighted by Gasteiger charge is -2.13. The molecule has 112 valence electrons. The lowest BCUT2D eigenvalue weighted by molar-refractivity contribution is 0.317. The van der Waals surface area contributed by atoms with Crippen LogP contribution in [-0.4, -0.2) is 16.7 Å². The molecule has 1 heterocycles. The van der Waals surface area contributed by atoms with E-state index in [1.807, 2.05) is 49.4 Å². The highest BCUT2D eigenvalue weighted by atomic mass is 16.5. The van der Waals surface area contributed by atoms with Crippen molar-refractivity contribution in [3.8, 4) is 11.5 Å². The van der Waals surface area contributed by atoms with Crippen molar-refractivity contribution in [1.82, 2.24) is 4.98 Å². The lowest BCUT2D eigenvalue weighted by atomic mass is 10.1. The van der Waals surface area contributed by atoms with E-state index in [0.717, 1.165) is 22.2 Å². The lowest BCUT2D eigenvalue weighted by Crippen LogP contribution is -2.01. The summed E-state index contributed by atoms with van der Waals surface area (Å²) >= 11 is 0. The van der Waals surface area contributed by atoms with Gasteiger partial charge in [0.1, 0.15) is 0 Å². The molecule has 0 fully saturated rings. The summed E-state index contributed by atoms with van der Waals surface area (Å²) in [6.45, 7) is 2.94.